The molecule has 1 aliphatic heterocycles. The molecule has 4 heteroatoms. The molecule has 84 valence electrons. The van der Waals surface area contributed by atoms with E-state index in [0.29, 0.717) is 0 Å². The topological polar surface area (TPSA) is 43.7 Å². The number of hydrogen-bond donors (Lipinski definition) is 1. The molecule has 0 fully saturated rings. The van der Waals surface area contributed by atoms with Crippen LogP contribution in [0.5, 0.6) is 0 Å². The highest BCUT2D eigenvalue weighted by molar-refractivity contribution is 5.81. The number of nitrogens with two attached hydrogens (primary N) is 1. The first-order chi connectivity index (χ1) is 7.90. The fourth-order valence-corrected chi connectivity index (χ4v) is 2.36. The van der Waals surface area contributed by atoms with Gasteiger partial charge in [0.1, 0.15) is 12.6 Å². The number of nitrogens with zero attached hydrogens (tertiary/aromatic N) is 2. The average molecular weight is 218 g/mol. The summed E-state index contributed by atoms with van der Waals surface area (Å²) in [6, 6.07) is 8.29. The summed E-state index contributed by atoms with van der Waals surface area (Å²) < 4.78 is 7.92. The van der Waals surface area contributed by atoms with Crippen LogP contribution in [0.15, 0.2) is 24.3 Å². The van der Waals surface area contributed by atoms with Gasteiger partial charge >= 0.3 is 0 Å². The van der Waals surface area contributed by atoms with Crippen LogP contribution >= 0.6 is 0 Å². The molecule has 2 aromatic rings. The molecule has 1 aliphatic rings. The Hall–Kier alpha value is -1.39. The maximum Gasteiger partial charge on any atom is 0.148 e. The molecule has 0 amide bonds. The van der Waals surface area contributed by atoms with Crippen molar-refractivity contribution in [2.75, 3.05) is 20.2 Å². The number of fused-ring (bicyclic) bond motifs is 3. The molecular weight excluding hydrogens is 202 g/mol. The van der Waals surface area contributed by atoms with Crippen molar-refractivity contribution in [1.82, 2.24) is 9.78 Å². The van der Waals surface area contributed by atoms with Gasteiger partial charge in [-0.2, -0.15) is 5.10 Å². The lowest BCUT2D eigenvalue weighted by atomic mass is 10.1. The summed E-state index contributed by atoms with van der Waals surface area (Å²) in [5.74, 6) is 0. The van der Waals surface area contributed by atoms with Crippen LogP contribution < -0.4 is 5.32 Å². The van der Waals surface area contributed by atoms with E-state index in [-0.39, 0.29) is 6.10 Å². The summed E-state index contributed by atoms with van der Waals surface area (Å²) in [7, 11) is 2.07. The molecule has 2 heterocycles. The zero-order valence-electron chi connectivity index (χ0n) is 9.39. The third-order valence-corrected chi connectivity index (χ3v) is 3.06. The molecule has 0 unspecified atom stereocenters. The Labute approximate surface area is 94.2 Å². The first-order valence-corrected chi connectivity index (χ1v) is 5.75. The summed E-state index contributed by atoms with van der Waals surface area (Å²) in [5.41, 5.74) is 2.31. The van der Waals surface area contributed by atoms with Gasteiger partial charge in [-0.1, -0.05) is 18.2 Å². The zero-order chi connectivity index (χ0) is 11.0. The van der Waals surface area contributed by atoms with Crippen molar-refractivity contribution in [2.24, 2.45) is 0 Å². The summed E-state index contributed by atoms with van der Waals surface area (Å²) in [5, 5.41) is 7.99. The lowest BCUT2D eigenvalue weighted by molar-refractivity contribution is -0.635. The van der Waals surface area contributed by atoms with Crippen LogP contribution in [0.3, 0.4) is 0 Å². The van der Waals surface area contributed by atoms with Gasteiger partial charge in [0.2, 0.25) is 0 Å². The van der Waals surface area contributed by atoms with E-state index in [1.165, 1.54) is 11.1 Å². The van der Waals surface area contributed by atoms with Gasteiger partial charge < -0.3 is 10.1 Å². The van der Waals surface area contributed by atoms with E-state index in [1.807, 2.05) is 6.07 Å². The molecule has 1 aromatic heterocycles. The smallest absolute Gasteiger partial charge is 0.148 e. The number of ether oxygens (including phenoxy) is 1. The van der Waals surface area contributed by atoms with Crippen LogP contribution in [0.2, 0.25) is 0 Å². The van der Waals surface area contributed by atoms with Crippen molar-refractivity contribution in [2.45, 2.75) is 12.6 Å². The summed E-state index contributed by atoms with van der Waals surface area (Å²) in [6.07, 6.45) is 0.172. The molecule has 0 saturated heterocycles. The van der Waals surface area contributed by atoms with E-state index >= 15 is 0 Å². The lowest BCUT2D eigenvalue weighted by Crippen LogP contribution is -2.81. The second-order valence-electron chi connectivity index (χ2n) is 4.13. The average Bonchev–Trinajstić information content (AvgIpc) is 2.68. The Kier molecular flexibility index (Phi) is 2.38. The van der Waals surface area contributed by atoms with Crippen molar-refractivity contribution in [3.63, 3.8) is 0 Å². The Morgan fingerprint density at radius 2 is 2.38 bits per heavy atom. The first kappa shape index (κ1) is 9.81. The lowest BCUT2D eigenvalue weighted by Gasteiger charge is -2.22. The highest BCUT2D eigenvalue weighted by Crippen LogP contribution is 2.28. The minimum Gasteiger partial charge on any atom is -0.364 e. The van der Waals surface area contributed by atoms with Crippen molar-refractivity contribution in [3.05, 3.63) is 30.0 Å². The molecule has 0 radical (unpaired) electrons. The minimum atomic E-state index is 0.172. The van der Waals surface area contributed by atoms with E-state index < -0.39 is 0 Å². The van der Waals surface area contributed by atoms with Gasteiger partial charge in [0.25, 0.3) is 0 Å². The fraction of sp³-hybridized carbons (Fsp3) is 0.417. The molecule has 16 heavy (non-hydrogen) atoms. The number of rotatable bonds is 2. The fourth-order valence-electron chi connectivity index (χ4n) is 2.36. The minimum absolute atomic E-state index is 0.172. The van der Waals surface area contributed by atoms with Crippen molar-refractivity contribution >= 4 is 10.9 Å². The van der Waals surface area contributed by atoms with Crippen molar-refractivity contribution < 1.29 is 10.1 Å². The maximum absolute atomic E-state index is 5.82. The second kappa shape index (κ2) is 3.88. The normalized spacial score (nSPS) is 19.9. The van der Waals surface area contributed by atoms with Crippen LogP contribution in [0, 0.1) is 0 Å². The van der Waals surface area contributed by atoms with Crippen LogP contribution in [-0.4, -0.2) is 30.0 Å². The van der Waals surface area contributed by atoms with Gasteiger partial charge in [-0.15, -0.1) is 0 Å². The highest BCUT2D eigenvalue weighted by Gasteiger charge is 2.25. The van der Waals surface area contributed by atoms with Crippen molar-refractivity contribution in [3.8, 4) is 0 Å². The summed E-state index contributed by atoms with van der Waals surface area (Å²) in [6.45, 7) is 2.58. The summed E-state index contributed by atoms with van der Waals surface area (Å²) >= 11 is 0. The van der Waals surface area contributed by atoms with Gasteiger partial charge in [0, 0.05) is 5.39 Å². The number of hydrogen-bond acceptors (Lipinski definition) is 2. The second-order valence-corrected chi connectivity index (χ2v) is 4.13. The molecule has 0 bridgehead atoms. The van der Waals surface area contributed by atoms with Gasteiger partial charge in [-0.05, 0) is 6.07 Å². The third kappa shape index (κ3) is 1.42. The van der Waals surface area contributed by atoms with Gasteiger partial charge in [-0.3, -0.25) is 4.68 Å². The predicted molar refractivity (Wildman–Crippen MR) is 61.1 cm³/mol. The SMILES string of the molecule is C[NH2+]C[C@H]1OCCn2nc3ccccc3c21. The predicted octanol–water partition coefficient (Wildman–Crippen LogP) is 0.301. The summed E-state index contributed by atoms with van der Waals surface area (Å²) in [4.78, 5) is 0. The van der Waals surface area contributed by atoms with Crippen LogP contribution in [0.1, 0.15) is 11.8 Å². The number of quaternary nitrogens is 1. The van der Waals surface area contributed by atoms with E-state index in [0.717, 1.165) is 25.2 Å². The van der Waals surface area contributed by atoms with E-state index in [1.54, 1.807) is 0 Å². The van der Waals surface area contributed by atoms with Crippen LogP contribution in [0.4, 0.5) is 0 Å². The zero-order valence-corrected chi connectivity index (χ0v) is 9.39. The van der Waals surface area contributed by atoms with Gasteiger partial charge in [-0.25, -0.2) is 0 Å². The van der Waals surface area contributed by atoms with E-state index in [9.17, 15) is 0 Å². The van der Waals surface area contributed by atoms with Crippen LogP contribution in [0.25, 0.3) is 10.9 Å². The Bertz CT molecular complexity index is 506. The molecule has 0 saturated carbocycles. The molecule has 0 spiro atoms. The first-order valence-electron chi connectivity index (χ1n) is 5.75. The van der Waals surface area contributed by atoms with E-state index in [2.05, 4.69) is 40.3 Å². The molecule has 2 N–H and O–H groups in total. The quantitative estimate of drug-likeness (QED) is 0.788. The third-order valence-electron chi connectivity index (χ3n) is 3.06. The number of aromatic nitrogens is 2. The number of likely N-dealkylation sites (N-methyl/N-ethyl adjacent to an activating group) is 1. The Balaban J connectivity index is 2.16. The number of benzene rings is 1. The Morgan fingerprint density at radius 1 is 1.50 bits per heavy atom. The highest BCUT2D eigenvalue weighted by atomic mass is 16.5. The monoisotopic (exact) mass is 218 g/mol. The van der Waals surface area contributed by atoms with Crippen LogP contribution in [-0.2, 0) is 11.3 Å². The van der Waals surface area contributed by atoms with Gasteiger partial charge in [0.15, 0.2) is 0 Å². The molecule has 1 aromatic carbocycles. The van der Waals surface area contributed by atoms with Gasteiger partial charge in [0.05, 0.1) is 31.4 Å². The Morgan fingerprint density at radius 3 is 3.25 bits per heavy atom. The molecule has 0 aliphatic carbocycles. The maximum atomic E-state index is 5.82. The van der Waals surface area contributed by atoms with Crippen molar-refractivity contribution in [1.29, 1.82) is 0 Å². The van der Waals surface area contributed by atoms with E-state index in [4.69, 9.17) is 4.74 Å². The standard InChI is InChI=1S/C12H15N3O/c1-13-8-11-12-9-4-2-3-5-10(9)14-15(12)6-7-16-11/h2-5,11,13H,6-8H2,1H3/p+1/t11-/m1/s1. The molecule has 3 rings (SSSR count). The molecular formula is C12H16N3O+. The molecule has 1 atom stereocenters. The largest absolute Gasteiger partial charge is 0.364 e. The molecule has 4 nitrogen and oxygen atoms in total.